The molecule has 3 aromatic rings. The van der Waals surface area contributed by atoms with Crippen LogP contribution in [0, 0.1) is 0 Å². The third-order valence-electron chi connectivity index (χ3n) is 4.02. The van der Waals surface area contributed by atoms with Gasteiger partial charge in [-0.15, -0.1) is 0 Å². The van der Waals surface area contributed by atoms with E-state index in [1.807, 2.05) is 60.8 Å². The Balaban J connectivity index is 1.81. The van der Waals surface area contributed by atoms with Crippen LogP contribution in [0.15, 0.2) is 60.8 Å². The molecule has 116 valence electrons. The van der Waals surface area contributed by atoms with Crippen molar-refractivity contribution < 1.29 is 4.79 Å². The predicted octanol–water partition coefficient (Wildman–Crippen LogP) is 4.07. The molecule has 3 N–H and O–H groups in total. The number of aromatic nitrogens is 1. The van der Waals surface area contributed by atoms with Crippen LogP contribution in [-0.4, -0.2) is 10.9 Å². The molecule has 24 heavy (non-hydrogen) atoms. The molecule has 4 heteroatoms. The van der Waals surface area contributed by atoms with Crippen LogP contribution >= 0.6 is 0 Å². The maximum atomic E-state index is 12.6. The van der Waals surface area contributed by atoms with Crippen molar-refractivity contribution in [1.82, 2.24) is 4.98 Å². The molecule has 0 radical (unpaired) electrons. The maximum absolute atomic E-state index is 12.6. The van der Waals surface area contributed by atoms with Crippen LogP contribution in [0.3, 0.4) is 0 Å². The van der Waals surface area contributed by atoms with Gasteiger partial charge in [0.15, 0.2) is 0 Å². The average molecular weight is 313 g/mol. The monoisotopic (exact) mass is 313 g/mol. The summed E-state index contributed by atoms with van der Waals surface area (Å²) >= 11 is 0. The Morgan fingerprint density at radius 1 is 0.917 bits per heavy atom. The standard InChI is InChI=1S/C20H15N3O/c21-16-8-6-14-7-9-18-19(23-20(24)17(14)11-16)10-15(12-22-18)13-4-2-1-3-5-13/h1-12H,21H2,(H,23,24). The van der Waals surface area contributed by atoms with Gasteiger partial charge < -0.3 is 11.1 Å². The maximum Gasteiger partial charge on any atom is 0.256 e. The number of carbonyl (C=O) groups excluding carboxylic acids is 1. The van der Waals surface area contributed by atoms with E-state index in [1.54, 1.807) is 12.1 Å². The number of hydrogen-bond acceptors (Lipinski definition) is 3. The summed E-state index contributed by atoms with van der Waals surface area (Å²) in [5.74, 6) is -0.185. The van der Waals surface area contributed by atoms with Crippen molar-refractivity contribution in [2.75, 3.05) is 11.1 Å². The minimum absolute atomic E-state index is 0.185. The number of nitrogens with two attached hydrogens (primary N) is 1. The van der Waals surface area contributed by atoms with Gasteiger partial charge >= 0.3 is 0 Å². The molecular formula is C20H15N3O. The van der Waals surface area contributed by atoms with Crippen LogP contribution in [-0.2, 0) is 0 Å². The van der Waals surface area contributed by atoms with Crippen LogP contribution in [0.4, 0.5) is 11.4 Å². The lowest BCUT2D eigenvalue weighted by Gasteiger charge is -2.15. The van der Waals surface area contributed by atoms with Gasteiger partial charge in [-0.1, -0.05) is 42.5 Å². The molecule has 0 bridgehead atoms. The van der Waals surface area contributed by atoms with Crippen LogP contribution in [0.5, 0.6) is 0 Å². The van der Waals surface area contributed by atoms with Gasteiger partial charge in [-0.2, -0.15) is 0 Å². The number of benzene rings is 2. The molecule has 0 aliphatic carbocycles. The second kappa shape index (κ2) is 5.66. The first kappa shape index (κ1) is 14.2. The fourth-order valence-electron chi connectivity index (χ4n) is 2.77. The molecule has 1 aliphatic rings. The molecule has 4 rings (SSSR count). The smallest absolute Gasteiger partial charge is 0.256 e. The summed E-state index contributed by atoms with van der Waals surface area (Å²) in [6.45, 7) is 0. The number of carbonyl (C=O) groups is 1. The quantitative estimate of drug-likeness (QED) is 0.666. The van der Waals surface area contributed by atoms with E-state index in [0.717, 1.165) is 22.4 Å². The number of nitrogens with one attached hydrogen (secondary N) is 1. The third-order valence-corrected chi connectivity index (χ3v) is 4.02. The Morgan fingerprint density at radius 3 is 2.58 bits per heavy atom. The minimum atomic E-state index is -0.185. The highest BCUT2D eigenvalue weighted by atomic mass is 16.1. The second-order valence-corrected chi connectivity index (χ2v) is 5.66. The van der Waals surface area contributed by atoms with Gasteiger partial charge in [-0.25, -0.2) is 0 Å². The highest BCUT2D eigenvalue weighted by Crippen LogP contribution is 2.28. The van der Waals surface area contributed by atoms with E-state index >= 15 is 0 Å². The summed E-state index contributed by atoms with van der Waals surface area (Å²) in [6, 6.07) is 17.2. The number of nitrogen functional groups attached to an aromatic ring is 1. The number of amides is 1. The zero-order valence-electron chi connectivity index (χ0n) is 12.9. The van der Waals surface area contributed by atoms with Crippen molar-refractivity contribution in [3.8, 4) is 11.1 Å². The van der Waals surface area contributed by atoms with Gasteiger partial charge in [0.1, 0.15) is 0 Å². The summed E-state index contributed by atoms with van der Waals surface area (Å²) < 4.78 is 0. The molecule has 0 saturated heterocycles. The van der Waals surface area contributed by atoms with Gasteiger partial charge in [-0.05, 0) is 35.4 Å². The first-order valence-electron chi connectivity index (χ1n) is 7.65. The summed E-state index contributed by atoms with van der Waals surface area (Å²) in [5, 5.41) is 2.95. The van der Waals surface area contributed by atoms with Crippen LogP contribution < -0.4 is 11.1 Å². The Kier molecular flexibility index (Phi) is 3.35. The van der Waals surface area contributed by atoms with Gasteiger partial charge in [0.05, 0.1) is 11.4 Å². The van der Waals surface area contributed by atoms with Crippen LogP contribution in [0.25, 0.3) is 23.3 Å². The average Bonchev–Trinajstić information content (AvgIpc) is 2.61. The number of pyridine rings is 1. The Bertz CT molecular complexity index is 962. The molecule has 1 aromatic heterocycles. The number of rotatable bonds is 1. The van der Waals surface area contributed by atoms with Gasteiger partial charge in [0.25, 0.3) is 5.91 Å². The second-order valence-electron chi connectivity index (χ2n) is 5.66. The van der Waals surface area contributed by atoms with E-state index in [2.05, 4.69) is 10.3 Å². The Hall–Kier alpha value is -3.40. The molecule has 0 spiro atoms. The summed E-state index contributed by atoms with van der Waals surface area (Å²) in [5.41, 5.74) is 11.2. The van der Waals surface area contributed by atoms with Gasteiger partial charge in [-0.3, -0.25) is 9.78 Å². The zero-order chi connectivity index (χ0) is 16.5. The number of anilines is 2. The normalized spacial score (nSPS) is 12.6. The SMILES string of the molecule is Nc1ccc2c(c1)C(=O)Nc1cc(-c3ccccc3)cnc1C=C2. The number of nitrogens with zero attached hydrogens (tertiary/aromatic N) is 1. The molecule has 1 aliphatic heterocycles. The van der Waals surface area contributed by atoms with E-state index in [-0.39, 0.29) is 5.91 Å². The summed E-state index contributed by atoms with van der Waals surface area (Å²) in [6.07, 6.45) is 5.61. The van der Waals surface area contributed by atoms with E-state index in [0.29, 0.717) is 16.9 Å². The van der Waals surface area contributed by atoms with Crippen LogP contribution in [0.1, 0.15) is 21.6 Å². The number of hydrogen-bond donors (Lipinski definition) is 2. The first-order valence-corrected chi connectivity index (χ1v) is 7.65. The first-order chi connectivity index (χ1) is 11.7. The van der Waals surface area contributed by atoms with Crippen LogP contribution in [0.2, 0.25) is 0 Å². The van der Waals surface area contributed by atoms with Crippen molar-refractivity contribution >= 4 is 29.4 Å². The molecule has 2 heterocycles. The third kappa shape index (κ3) is 2.54. The lowest BCUT2D eigenvalue weighted by atomic mass is 10.0. The van der Waals surface area contributed by atoms with Crippen molar-refractivity contribution in [2.24, 2.45) is 0 Å². The predicted molar refractivity (Wildman–Crippen MR) is 97.4 cm³/mol. The van der Waals surface area contributed by atoms with Gasteiger partial charge in [0, 0.05) is 23.0 Å². The van der Waals surface area contributed by atoms with E-state index in [1.165, 1.54) is 0 Å². The summed E-state index contributed by atoms with van der Waals surface area (Å²) in [7, 11) is 0. The van der Waals surface area contributed by atoms with Gasteiger partial charge in [0.2, 0.25) is 0 Å². The molecular weight excluding hydrogens is 298 g/mol. The van der Waals surface area contributed by atoms with Crippen molar-refractivity contribution in [3.05, 3.63) is 77.6 Å². The van der Waals surface area contributed by atoms with Crippen molar-refractivity contribution in [1.29, 1.82) is 0 Å². The molecule has 0 saturated carbocycles. The highest BCUT2D eigenvalue weighted by molar-refractivity contribution is 6.09. The highest BCUT2D eigenvalue weighted by Gasteiger charge is 2.16. The van der Waals surface area contributed by atoms with Crippen molar-refractivity contribution in [3.63, 3.8) is 0 Å². The Labute approximate surface area is 139 Å². The van der Waals surface area contributed by atoms with E-state index in [4.69, 9.17) is 5.73 Å². The molecule has 4 nitrogen and oxygen atoms in total. The van der Waals surface area contributed by atoms with Crippen molar-refractivity contribution in [2.45, 2.75) is 0 Å². The summed E-state index contributed by atoms with van der Waals surface area (Å²) in [4.78, 5) is 17.1. The molecule has 2 aromatic carbocycles. The largest absolute Gasteiger partial charge is 0.399 e. The minimum Gasteiger partial charge on any atom is -0.399 e. The molecule has 0 unspecified atom stereocenters. The molecule has 1 amide bonds. The lowest BCUT2D eigenvalue weighted by Crippen LogP contribution is -2.16. The fourth-order valence-corrected chi connectivity index (χ4v) is 2.77. The fraction of sp³-hybridized carbons (Fsp3) is 0. The Morgan fingerprint density at radius 2 is 1.75 bits per heavy atom. The number of fused-ring (bicyclic) bond motifs is 2. The zero-order valence-corrected chi connectivity index (χ0v) is 12.9. The van der Waals surface area contributed by atoms with E-state index in [9.17, 15) is 4.79 Å². The molecule has 0 fully saturated rings. The van der Waals surface area contributed by atoms with E-state index < -0.39 is 0 Å². The lowest BCUT2D eigenvalue weighted by molar-refractivity contribution is 0.102. The topological polar surface area (TPSA) is 68.0 Å². The molecule has 0 atom stereocenters.